The standard InChI is InChI=1S/C9H12ClNO3/c1-14-6-2-3-7(11-5-6)9(13)8(12)4-10/h2-3,5,8-9,12-13H,4H2,1H3. The summed E-state index contributed by atoms with van der Waals surface area (Å²) in [6.07, 6.45) is -0.588. The van der Waals surface area contributed by atoms with Gasteiger partial charge in [-0.25, -0.2) is 0 Å². The zero-order valence-corrected chi connectivity index (χ0v) is 8.48. The lowest BCUT2D eigenvalue weighted by atomic mass is 10.1. The molecule has 2 N–H and O–H groups in total. The van der Waals surface area contributed by atoms with E-state index in [-0.39, 0.29) is 5.88 Å². The van der Waals surface area contributed by atoms with Gasteiger partial charge >= 0.3 is 0 Å². The van der Waals surface area contributed by atoms with E-state index in [2.05, 4.69) is 4.98 Å². The number of nitrogens with zero attached hydrogens (tertiary/aromatic N) is 1. The van der Waals surface area contributed by atoms with Crippen LogP contribution in [0.2, 0.25) is 0 Å². The highest BCUT2D eigenvalue weighted by Crippen LogP contribution is 2.17. The van der Waals surface area contributed by atoms with Crippen molar-refractivity contribution in [3.63, 3.8) is 0 Å². The quantitative estimate of drug-likeness (QED) is 0.730. The number of halogens is 1. The first-order valence-electron chi connectivity index (χ1n) is 4.11. The number of hydrogen-bond acceptors (Lipinski definition) is 4. The molecular weight excluding hydrogens is 206 g/mol. The van der Waals surface area contributed by atoms with Crippen LogP contribution in [0.25, 0.3) is 0 Å². The third-order valence-electron chi connectivity index (χ3n) is 1.82. The zero-order chi connectivity index (χ0) is 10.6. The van der Waals surface area contributed by atoms with Gasteiger partial charge in [-0.15, -0.1) is 11.6 Å². The SMILES string of the molecule is COc1ccc(C(O)C(O)CCl)nc1. The Morgan fingerprint density at radius 3 is 2.64 bits per heavy atom. The first-order valence-corrected chi connectivity index (χ1v) is 4.64. The predicted molar refractivity (Wildman–Crippen MR) is 52.5 cm³/mol. The minimum Gasteiger partial charge on any atom is -0.495 e. The van der Waals surface area contributed by atoms with E-state index in [4.69, 9.17) is 16.3 Å². The Morgan fingerprint density at radius 1 is 1.50 bits per heavy atom. The molecule has 0 saturated heterocycles. The summed E-state index contributed by atoms with van der Waals surface area (Å²) in [5.41, 5.74) is 0.374. The fraction of sp³-hybridized carbons (Fsp3) is 0.444. The average molecular weight is 218 g/mol. The zero-order valence-electron chi connectivity index (χ0n) is 7.72. The average Bonchev–Trinajstić information content (AvgIpc) is 2.27. The van der Waals surface area contributed by atoms with Gasteiger partial charge in [-0.3, -0.25) is 4.98 Å². The van der Waals surface area contributed by atoms with Crippen molar-refractivity contribution in [3.05, 3.63) is 24.0 Å². The van der Waals surface area contributed by atoms with Crippen molar-refractivity contribution in [2.45, 2.75) is 12.2 Å². The Bertz CT molecular complexity index is 278. The number of ether oxygens (including phenoxy) is 1. The van der Waals surface area contributed by atoms with Crippen LogP contribution < -0.4 is 4.74 Å². The fourth-order valence-corrected chi connectivity index (χ4v) is 1.14. The number of alkyl halides is 1. The first kappa shape index (κ1) is 11.2. The second-order valence-corrected chi connectivity index (χ2v) is 3.10. The monoisotopic (exact) mass is 217 g/mol. The van der Waals surface area contributed by atoms with Crippen LogP contribution in [-0.2, 0) is 0 Å². The second kappa shape index (κ2) is 5.14. The van der Waals surface area contributed by atoms with Crippen molar-refractivity contribution >= 4 is 11.6 Å². The van der Waals surface area contributed by atoms with Crippen LogP contribution in [0.1, 0.15) is 11.8 Å². The largest absolute Gasteiger partial charge is 0.495 e. The molecular formula is C9H12ClNO3. The van der Waals surface area contributed by atoms with E-state index in [9.17, 15) is 10.2 Å². The number of aliphatic hydroxyl groups excluding tert-OH is 2. The van der Waals surface area contributed by atoms with Crippen LogP contribution in [0.4, 0.5) is 0 Å². The molecule has 0 aromatic carbocycles. The Morgan fingerprint density at radius 2 is 2.21 bits per heavy atom. The second-order valence-electron chi connectivity index (χ2n) is 2.79. The van der Waals surface area contributed by atoms with E-state index in [0.717, 1.165) is 0 Å². The predicted octanol–water partition coefficient (Wildman–Crippen LogP) is 0.723. The van der Waals surface area contributed by atoms with Crippen LogP contribution in [0.15, 0.2) is 18.3 Å². The summed E-state index contributed by atoms with van der Waals surface area (Å²) in [4.78, 5) is 3.92. The molecule has 2 atom stereocenters. The summed E-state index contributed by atoms with van der Waals surface area (Å²) < 4.78 is 4.90. The molecule has 0 saturated carbocycles. The molecule has 0 aliphatic heterocycles. The molecule has 1 aromatic heterocycles. The topological polar surface area (TPSA) is 62.6 Å². The number of pyridine rings is 1. The molecule has 0 aliphatic carbocycles. The van der Waals surface area contributed by atoms with E-state index in [0.29, 0.717) is 11.4 Å². The molecule has 78 valence electrons. The maximum absolute atomic E-state index is 9.51. The summed E-state index contributed by atoms with van der Waals surface area (Å²) in [7, 11) is 1.53. The molecule has 1 rings (SSSR count). The van der Waals surface area contributed by atoms with Gasteiger partial charge in [-0.2, -0.15) is 0 Å². The van der Waals surface area contributed by atoms with Gasteiger partial charge in [0.2, 0.25) is 0 Å². The van der Waals surface area contributed by atoms with Crippen molar-refractivity contribution in [2.75, 3.05) is 13.0 Å². The van der Waals surface area contributed by atoms with Crippen molar-refractivity contribution in [3.8, 4) is 5.75 Å². The normalized spacial score (nSPS) is 14.9. The Labute approximate surface area is 87.1 Å². The highest BCUT2D eigenvalue weighted by molar-refractivity contribution is 6.18. The number of aliphatic hydroxyl groups is 2. The van der Waals surface area contributed by atoms with Crippen molar-refractivity contribution in [1.82, 2.24) is 4.98 Å². The van der Waals surface area contributed by atoms with Gasteiger partial charge in [0.05, 0.1) is 31.0 Å². The molecule has 5 heteroatoms. The van der Waals surface area contributed by atoms with Gasteiger partial charge < -0.3 is 14.9 Å². The van der Waals surface area contributed by atoms with E-state index < -0.39 is 12.2 Å². The third kappa shape index (κ3) is 2.57. The number of methoxy groups -OCH3 is 1. The molecule has 0 amide bonds. The number of rotatable bonds is 4. The molecule has 1 aromatic rings. The maximum atomic E-state index is 9.51. The van der Waals surface area contributed by atoms with Gasteiger partial charge in [0.15, 0.2) is 0 Å². The van der Waals surface area contributed by atoms with Crippen LogP contribution in [0.3, 0.4) is 0 Å². The molecule has 2 unspecified atom stereocenters. The molecule has 0 radical (unpaired) electrons. The van der Waals surface area contributed by atoms with Crippen molar-refractivity contribution < 1.29 is 14.9 Å². The maximum Gasteiger partial charge on any atom is 0.137 e. The fourth-order valence-electron chi connectivity index (χ4n) is 0.969. The van der Waals surface area contributed by atoms with Crippen LogP contribution >= 0.6 is 11.6 Å². The lowest BCUT2D eigenvalue weighted by molar-refractivity contribution is 0.0299. The number of aromatic nitrogens is 1. The summed E-state index contributed by atoms with van der Waals surface area (Å²) in [5.74, 6) is 0.566. The Kier molecular flexibility index (Phi) is 4.13. The first-order chi connectivity index (χ1) is 6.69. The van der Waals surface area contributed by atoms with Crippen LogP contribution in [-0.4, -0.2) is 34.3 Å². The third-order valence-corrected chi connectivity index (χ3v) is 2.14. The smallest absolute Gasteiger partial charge is 0.137 e. The molecule has 14 heavy (non-hydrogen) atoms. The van der Waals surface area contributed by atoms with Crippen LogP contribution in [0, 0.1) is 0 Å². The molecule has 0 bridgehead atoms. The highest BCUT2D eigenvalue weighted by atomic mass is 35.5. The van der Waals surface area contributed by atoms with E-state index in [1.807, 2.05) is 0 Å². The Balaban J connectivity index is 2.75. The van der Waals surface area contributed by atoms with Gasteiger partial charge in [0.25, 0.3) is 0 Å². The summed E-state index contributed by atoms with van der Waals surface area (Å²) in [6.45, 7) is 0. The van der Waals surface area contributed by atoms with E-state index in [1.165, 1.54) is 13.3 Å². The Hall–Kier alpha value is -0.840. The van der Waals surface area contributed by atoms with E-state index in [1.54, 1.807) is 12.1 Å². The lowest BCUT2D eigenvalue weighted by Crippen LogP contribution is -2.20. The van der Waals surface area contributed by atoms with Crippen molar-refractivity contribution in [1.29, 1.82) is 0 Å². The van der Waals surface area contributed by atoms with Gasteiger partial charge in [-0.1, -0.05) is 0 Å². The lowest BCUT2D eigenvalue weighted by Gasteiger charge is -2.14. The van der Waals surface area contributed by atoms with Gasteiger partial charge in [-0.05, 0) is 12.1 Å². The highest BCUT2D eigenvalue weighted by Gasteiger charge is 2.18. The molecule has 4 nitrogen and oxygen atoms in total. The summed E-state index contributed by atoms with van der Waals surface area (Å²) in [5, 5.41) is 18.8. The number of hydrogen-bond donors (Lipinski definition) is 2. The molecule has 0 aliphatic rings. The molecule has 0 spiro atoms. The van der Waals surface area contributed by atoms with Gasteiger partial charge in [0.1, 0.15) is 11.9 Å². The summed E-state index contributed by atoms with van der Waals surface area (Å²) in [6, 6.07) is 3.24. The molecule has 1 heterocycles. The van der Waals surface area contributed by atoms with Crippen molar-refractivity contribution in [2.24, 2.45) is 0 Å². The summed E-state index contributed by atoms with van der Waals surface area (Å²) >= 11 is 5.39. The minimum absolute atomic E-state index is 0.0329. The molecule has 0 fully saturated rings. The minimum atomic E-state index is -1.06. The van der Waals surface area contributed by atoms with E-state index >= 15 is 0 Å². The van der Waals surface area contributed by atoms with Gasteiger partial charge in [0, 0.05) is 0 Å². The van der Waals surface area contributed by atoms with Crippen LogP contribution in [0.5, 0.6) is 5.75 Å².